The van der Waals surface area contributed by atoms with Crippen molar-refractivity contribution in [3.05, 3.63) is 57.6 Å². The minimum absolute atomic E-state index is 0.188. The van der Waals surface area contributed by atoms with Crippen LogP contribution in [0.2, 0.25) is 10.0 Å². The monoisotopic (exact) mass is 329 g/mol. The third-order valence-corrected chi connectivity index (χ3v) is 4.70. The second kappa shape index (κ2) is 5.64. The van der Waals surface area contributed by atoms with E-state index in [1.807, 2.05) is 6.92 Å². The Bertz CT molecular complexity index is 717. The molecule has 0 aromatic heterocycles. The van der Waals surface area contributed by atoms with Crippen LogP contribution in [0.4, 0.5) is 5.69 Å². The minimum Gasteiger partial charge on any atom is -0.278 e. The average molecular weight is 330 g/mol. The lowest BCUT2D eigenvalue weighted by Gasteiger charge is -2.13. The molecule has 0 saturated carbocycles. The van der Waals surface area contributed by atoms with E-state index in [1.54, 1.807) is 37.3 Å². The molecule has 0 unspecified atom stereocenters. The predicted molar refractivity (Wildman–Crippen MR) is 83.2 cm³/mol. The van der Waals surface area contributed by atoms with Gasteiger partial charge in [0.05, 0.1) is 15.6 Å². The summed E-state index contributed by atoms with van der Waals surface area (Å²) in [6.07, 6.45) is 0. The summed E-state index contributed by atoms with van der Waals surface area (Å²) in [5.41, 5.74) is 2.00. The summed E-state index contributed by atoms with van der Waals surface area (Å²) >= 11 is 11.9. The first kappa shape index (κ1) is 15.2. The van der Waals surface area contributed by atoms with Crippen molar-refractivity contribution in [2.24, 2.45) is 0 Å². The van der Waals surface area contributed by atoms with Crippen molar-refractivity contribution in [2.45, 2.75) is 18.7 Å². The number of aryl methyl sites for hydroxylation is 2. The van der Waals surface area contributed by atoms with Gasteiger partial charge in [-0.3, -0.25) is 4.72 Å². The fraction of sp³-hybridized carbons (Fsp3) is 0.143. The average Bonchev–Trinajstić information content (AvgIpc) is 2.34. The maximum Gasteiger partial charge on any atom is 0.261 e. The molecule has 1 N–H and O–H groups in total. The topological polar surface area (TPSA) is 46.2 Å². The van der Waals surface area contributed by atoms with Gasteiger partial charge in [0, 0.05) is 5.02 Å². The smallest absolute Gasteiger partial charge is 0.261 e. The first-order chi connectivity index (χ1) is 9.29. The highest BCUT2D eigenvalue weighted by molar-refractivity contribution is 7.92. The summed E-state index contributed by atoms with van der Waals surface area (Å²) in [5, 5.41) is 0.733. The van der Waals surface area contributed by atoms with E-state index in [-0.39, 0.29) is 9.92 Å². The second-order valence-electron chi connectivity index (χ2n) is 4.50. The van der Waals surface area contributed by atoms with E-state index in [9.17, 15) is 8.42 Å². The van der Waals surface area contributed by atoms with Gasteiger partial charge in [-0.1, -0.05) is 40.9 Å². The molecule has 0 bridgehead atoms. The number of sulfonamides is 1. The van der Waals surface area contributed by atoms with Crippen molar-refractivity contribution in [2.75, 3.05) is 4.72 Å². The summed E-state index contributed by atoms with van der Waals surface area (Å²) in [6.45, 7) is 3.63. The Labute approximate surface area is 128 Å². The molecule has 6 heteroatoms. The number of nitrogens with one attached hydrogen (secondary N) is 1. The Balaban J connectivity index is 2.41. The molecular weight excluding hydrogens is 317 g/mol. The first-order valence-corrected chi connectivity index (χ1v) is 8.08. The highest BCUT2D eigenvalue weighted by atomic mass is 35.5. The quantitative estimate of drug-likeness (QED) is 0.906. The maximum atomic E-state index is 12.3. The van der Waals surface area contributed by atoms with E-state index in [0.717, 1.165) is 5.56 Å². The molecular formula is C14H13Cl2NO2S. The molecule has 0 amide bonds. The van der Waals surface area contributed by atoms with Crippen LogP contribution in [0.3, 0.4) is 0 Å². The van der Waals surface area contributed by atoms with E-state index in [2.05, 4.69) is 4.72 Å². The molecule has 2 rings (SSSR count). The fourth-order valence-electron chi connectivity index (χ4n) is 1.74. The maximum absolute atomic E-state index is 12.3. The predicted octanol–water partition coefficient (Wildman–Crippen LogP) is 4.41. The van der Waals surface area contributed by atoms with E-state index in [1.165, 1.54) is 6.07 Å². The van der Waals surface area contributed by atoms with Crippen LogP contribution in [0.25, 0.3) is 0 Å². The van der Waals surface area contributed by atoms with Crippen LogP contribution in [-0.4, -0.2) is 8.42 Å². The minimum atomic E-state index is -3.67. The first-order valence-electron chi connectivity index (χ1n) is 5.85. The normalized spacial score (nSPS) is 11.4. The lowest BCUT2D eigenvalue weighted by molar-refractivity contribution is 0.601. The van der Waals surface area contributed by atoms with Gasteiger partial charge in [-0.15, -0.1) is 0 Å². The van der Waals surface area contributed by atoms with Gasteiger partial charge in [-0.25, -0.2) is 8.42 Å². The molecule has 0 atom stereocenters. The van der Waals surface area contributed by atoms with Crippen molar-refractivity contribution in [3.63, 3.8) is 0 Å². The zero-order chi connectivity index (χ0) is 14.9. The number of hydrogen-bond acceptors (Lipinski definition) is 2. The molecule has 2 aromatic carbocycles. The summed E-state index contributed by atoms with van der Waals surface area (Å²) in [5.74, 6) is 0. The van der Waals surface area contributed by atoms with Crippen LogP contribution in [0.1, 0.15) is 11.1 Å². The van der Waals surface area contributed by atoms with Crippen LogP contribution in [0.15, 0.2) is 41.3 Å². The molecule has 0 spiro atoms. The Kier molecular flexibility index (Phi) is 4.28. The van der Waals surface area contributed by atoms with Crippen molar-refractivity contribution in [1.29, 1.82) is 0 Å². The largest absolute Gasteiger partial charge is 0.278 e. The van der Waals surface area contributed by atoms with Crippen molar-refractivity contribution >= 4 is 38.9 Å². The van der Waals surface area contributed by atoms with E-state index in [4.69, 9.17) is 23.2 Å². The fourth-order valence-corrected chi connectivity index (χ4v) is 3.59. The van der Waals surface area contributed by atoms with Crippen LogP contribution in [-0.2, 0) is 10.0 Å². The van der Waals surface area contributed by atoms with Gasteiger partial charge in [0.25, 0.3) is 10.0 Å². The Morgan fingerprint density at radius 1 is 1.00 bits per heavy atom. The molecule has 0 saturated heterocycles. The Hall–Kier alpha value is -1.23. The highest BCUT2D eigenvalue weighted by Gasteiger charge is 2.17. The molecule has 0 aliphatic heterocycles. The van der Waals surface area contributed by atoms with Gasteiger partial charge in [-0.05, 0) is 43.7 Å². The molecule has 0 radical (unpaired) electrons. The number of halogens is 2. The molecule has 0 fully saturated rings. The van der Waals surface area contributed by atoms with Gasteiger partial charge >= 0.3 is 0 Å². The van der Waals surface area contributed by atoms with Gasteiger partial charge in [0.1, 0.15) is 0 Å². The number of anilines is 1. The lowest BCUT2D eigenvalue weighted by Crippen LogP contribution is -2.14. The standard InChI is InChI=1S/C14H13Cl2NO2S/c1-9-3-5-12(6-4-9)20(18,19)17-14-10(2)7-11(15)8-13(14)16/h3-8,17H,1-2H3. The Morgan fingerprint density at radius 2 is 1.60 bits per heavy atom. The van der Waals surface area contributed by atoms with Crippen LogP contribution in [0, 0.1) is 13.8 Å². The zero-order valence-corrected chi connectivity index (χ0v) is 13.3. The molecule has 0 heterocycles. The van der Waals surface area contributed by atoms with E-state index >= 15 is 0 Å². The summed E-state index contributed by atoms with van der Waals surface area (Å²) in [4.78, 5) is 0.188. The van der Waals surface area contributed by atoms with Gasteiger partial charge < -0.3 is 0 Å². The zero-order valence-electron chi connectivity index (χ0n) is 10.9. The van der Waals surface area contributed by atoms with Crippen LogP contribution in [0.5, 0.6) is 0 Å². The molecule has 0 aliphatic carbocycles. The molecule has 0 aliphatic rings. The SMILES string of the molecule is Cc1ccc(S(=O)(=O)Nc2c(C)cc(Cl)cc2Cl)cc1. The highest BCUT2D eigenvalue weighted by Crippen LogP contribution is 2.31. The van der Waals surface area contributed by atoms with E-state index in [0.29, 0.717) is 16.3 Å². The molecule has 106 valence electrons. The van der Waals surface area contributed by atoms with Crippen LogP contribution >= 0.6 is 23.2 Å². The van der Waals surface area contributed by atoms with Gasteiger partial charge in [0.2, 0.25) is 0 Å². The third-order valence-electron chi connectivity index (χ3n) is 2.82. The van der Waals surface area contributed by atoms with Gasteiger partial charge in [0.15, 0.2) is 0 Å². The number of rotatable bonds is 3. The van der Waals surface area contributed by atoms with E-state index < -0.39 is 10.0 Å². The second-order valence-corrected chi connectivity index (χ2v) is 7.02. The summed E-state index contributed by atoms with van der Waals surface area (Å²) in [7, 11) is -3.67. The molecule has 3 nitrogen and oxygen atoms in total. The Morgan fingerprint density at radius 3 is 2.15 bits per heavy atom. The summed E-state index contributed by atoms with van der Waals surface area (Å²) < 4.78 is 27.1. The van der Waals surface area contributed by atoms with Crippen LogP contribution < -0.4 is 4.72 Å². The molecule has 20 heavy (non-hydrogen) atoms. The van der Waals surface area contributed by atoms with Gasteiger partial charge in [-0.2, -0.15) is 0 Å². The van der Waals surface area contributed by atoms with Crippen molar-refractivity contribution in [3.8, 4) is 0 Å². The molecule has 2 aromatic rings. The number of benzene rings is 2. The lowest BCUT2D eigenvalue weighted by atomic mass is 10.2. The number of hydrogen-bond donors (Lipinski definition) is 1. The van der Waals surface area contributed by atoms with Crippen molar-refractivity contribution in [1.82, 2.24) is 0 Å². The van der Waals surface area contributed by atoms with Crippen molar-refractivity contribution < 1.29 is 8.42 Å². The summed E-state index contributed by atoms with van der Waals surface area (Å²) in [6, 6.07) is 9.74. The third kappa shape index (κ3) is 3.26.